The van der Waals surface area contributed by atoms with E-state index in [9.17, 15) is 0 Å². The lowest BCUT2D eigenvalue weighted by atomic mass is 10.2. The number of rotatable bonds is 6. The van der Waals surface area contributed by atoms with Gasteiger partial charge >= 0.3 is 0 Å². The molecule has 0 spiro atoms. The maximum absolute atomic E-state index is 7.33. The van der Waals surface area contributed by atoms with Gasteiger partial charge in [0, 0.05) is 12.1 Å². The van der Waals surface area contributed by atoms with Gasteiger partial charge in [-0.25, -0.2) is 9.67 Å². The zero-order chi connectivity index (χ0) is 14.5. The van der Waals surface area contributed by atoms with Gasteiger partial charge in [0.05, 0.1) is 0 Å². The van der Waals surface area contributed by atoms with E-state index in [4.69, 9.17) is 15.9 Å². The van der Waals surface area contributed by atoms with Crippen molar-refractivity contribution in [1.29, 1.82) is 5.41 Å². The van der Waals surface area contributed by atoms with E-state index in [1.54, 1.807) is 30.6 Å². The molecule has 0 aliphatic heterocycles. The van der Waals surface area contributed by atoms with Crippen molar-refractivity contribution in [3.63, 3.8) is 0 Å². The number of nitrogen functional groups attached to an aromatic ring is 1. The van der Waals surface area contributed by atoms with Gasteiger partial charge in [0.15, 0.2) is 5.82 Å². The summed E-state index contributed by atoms with van der Waals surface area (Å²) in [6, 6.07) is 7.10. The van der Waals surface area contributed by atoms with E-state index >= 15 is 0 Å². The average Bonchev–Trinajstić information content (AvgIpc) is 2.83. The highest BCUT2D eigenvalue weighted by Crippen LogP contribution is 2.13. The van der Waals surface area contributed by atoms with E-state index in [2.05, 4.69) is 23.9 Å². The second-order valence-electron chi connectivity index (χ2n) is 4.98. The quantitative estimate of drug-likeness (QED) is 0.620. The molecule has 2 aromatic rings. The van der Waals surface area contributed by atoms with E-state index in [0.717, 1.165) is 12.4 Å². The fourth-order valence-corrected chi connectivity index (χ4v) is 1.78. The fourth-order valence-electron chi connectivity index (χ4n) is 1.78. The zero-order valence-corrected chi connectivity index (χ0v) is 11.7. The molecule has 0 aliphatic rings. The van der Waals surface area contributed by atoms with E-state index in [1.165, 1.54) is 0 Å². The van der Waals surface area contributed by atoms with Crippen molar-refractivity contribution >= 4 is 5.84 Å². The molecule has 0 radical (unpaired) electrons. The third kappa shape index (κ3) is 3.57. The first-order chi connectivity index (χ1) is 9.56. The molecule has 0 atom stereocenters. The second-order valence-corrected chi connectivity index (χ2v) is 4.98. The highest BCUT2D eigenvalue weighted by molar-refractivity contribution is 5.94. The predicted molar refractivity (Wildman–Crippen MR) is 76.7 cm³/mol. The molecular formula is C14H19N5O. The summed E-state index contributed by atoms with van der Waals surface area (Å²) in [5.41, 5.74) is 6.08. The van der Waals surface area contributed by atoms with Gasteiger partial charge < -0.3 is 10.5 Å². The van der Waals surface area contributed by atoms with Gasteiger partial charge in [0.2, 0.25) is 0 Å². The van der Waals surface area contributed by atoms with Crippen molar-refractivity contribution in [2.45, 2.75) is 27.0 Å². The minimum Gasteiger partial charge on any atom is -0.486 e. The molecule has 0 aliphatic carbocycles. The Morgan fingerprint density at radius 2 is 2.05 bits per heavy atom. The van der Waals surface area contributed by atoms with Gasteiger partial charge in [0.25, 0.3) is 0 Å². The fraction of sp³-hybridized carbons (Fsp3) is 0.357. The summed E-state index contributed by atoms with van der Waals surface area (Å²) >= 11 is 0. The van der Waals surface area contributed by atoms with Gasteiger partial charge in [-0.1, -0.05) is 13.8 Å². The first-order valence-electron chi connectivity index (χ1n) is 6.50. The maximum atomic E-state index is 7.33. The van der Waals surface area contributed by atoms with Gasteiger partial charge in [-0.05, 0) is 30.2 Å². The maximum Gasteiger partial charge on any atom is 0.164 e. The van der Waals surface area contributed by atoms with Crippen molar-refractivity contribution < 1.29 is 4.74 Å². The third-order valence-electron chi connectivity index (χ3n) is 2.77. The molecule has 0 bridgehead atoms. The molecule has 0 unspecified atom stereocenters. The van der Waals surface area contributed by atoms with Crippen molar-refractivity contribution in [2.75, 3.05) is 0 Å². The minimum absolute atomic E-state index is 0.0493. The summed E-state index contributed by atoms with van der Waals surface area (Å²) in [7, 11) is 0. The molecule has 2 rings (SSSR count). The Morgan fingerprint density at radius 3 is 2.65 bits per heavy atom. The number of hydrogen-bond donors (Lipinski definition) is 2. The Bertz CT molecular complexity index is 574. The molecule has 20 heavy (non-hydrogen) atoms. The van der Waals surface area contributed by atoms with Gasteiger partial charge in [-0.2, -0.15) is 5.10 Å². The monoisotopic (exact) mass is 273 g/mol. The summed E-state index contributed by atoms with van der Waals surface area (Å²) < 4.78 is 7.53. The number of aromatic nitrogens is 3. The Kier molecular flexibility index (Phi) is 4.34. The van der Waals surface area contributed by atoms with Crippen molar-refractivity contribution in [2.24, 2.45) is 11.7 Å². The molecule has 3 N–H and O–H groups in total. The van der Waals surface area contributed by atoms with E-state index < -0.39 is 0 Å². The summed E-state index contributed by atoms with van der Waals surface area (Å²) in [4.78, 5) is 4.20. The molecule has 106 valence electrons. The molecule has 1 aromatic heterocycles. The lowest BCUT2D eigenvalue weighted by Crippen LogP contribution is -2.12. The topological polar surface area (TPSA) is 89.8 Å². The van der Waals surface area contributed by atoms with Gasteiger partial charge in [0.1, 0.15) is 24.5 Å². The lowest BCUT2D eigenvalue weighted by Gasteiger charge is -2.10. The molecule has 0 amide bonds. The number of ether oxygens (including phenoxy) is 1. The van der Waals surface area contributed by atoms with Crippen LogP contribution in [0.4, 0.5) is 0 Å². The summed E-state index contributed by atoms with van der Waals surface area (Å²) in [6.45, 7) is 5.45. The highest BCUT2D eigenvalue weighted by atomic mass is 16.5. The molecular weight excluding hydrogens is 254 g/mol. The second kappa shape index (κ2) is 6.18. The van der Waals surface area contributed by atoms with Crippen LogP contribution < -0.4 is 10.5 Å². The van der Waals surface area contributed by atoms with E-state index in [-0.39, 0.29) is 5.84 Å². The van der Waals surface area contributed by atoms with Crippen molar-refractivity contribution in [3.05, 3.63) is 42.0 Å². The summed E-state index contributed by atoms with van der Waals surface area (Å²) in [5.74, 6) is 2.07. The Labute approximate surface area is 118 Å². The summed E-state index contributed by atoms with van der Waals surface area (Å²) in [5, 5.41) is 11.5. The molecule has 6 heteroatoms. The van der Waals surface area contributed by atoms with Crippen LogP contribution in [-0.4, -0.2) is 20.6 Å². The first-order valence-corrected chi connectivity index (χ1v) is 6.50. The third-order valence-corrected chi connectivity index (χ3v) is 2.77. The van der Waals surface area contributed by atoms with Crippen LogP contribution in [0.1, 0.15) is 25.2 Å². The van der Waals surface area contributed by atoms with Crippen LogP contribution in [-0.2, 0) is 13.2 Å². The minimum atomic E-state index is 0.0493. The van der Waals surface area contributed by atoms with Gasteiger partial charge in [-0.15, -0.1) is 0 Å². The number of amidine groups is 1. The Balaban J connectivity index is 1.98. The number of nitrogens with two attached hydrogens (primary N) is 1. The SMILES string of the molecule is CC(C)Cn1ncnc1COc1ccc(C(=N)N)cc1. The van der Waals surface area contributed by atoms with Crippen LogP contribution in [0.3, 0.4) is 0 Å². The zero-order valence-electron chi connectivity index (χ0n) is 11.7. The molecule has 0 saturated carbocycles. The largest absolute Gasteiger partial charge is 0.486 e. The molecule has 0 fully saturated rings. The molecule has 1 heterocycles. The number of hydrogen-bond acceptors (Lipinski definition) is 4. The molecule has 1 aromatic carbocycles. The Hall–Kier alpha value is -2.37. The lowest BCUT2D eigenvalue weighted by molar-refractivity contribution is 0.282. The van der Waals surface area contributed by atoms with Crippen molar-refractivity contribution in [1.82, 2.24) is 14.8 Å². The van der Waals surface area contributed by atoms with E-state index in [1.807, 2.05) is 4.68 Å². The molecule has 0 saturated heterocycles. The number of benzene rings is 1. The highest BCUT2D eigenvalue weighted by Gasteiger charge is 2.07. The van der Waals surface area contributed by atoms with Crippen LogP contribution in [0.15, 0.2) is 30.6 Å². The van der Waals surface area contributed by atoms with Crippen LogP contribution in [0.2, 0.25) is 0 Å². The van der Waals surface area contributed by atoms with E-state index in [0.29, 0.717) is 23.8 Å². The standard InChI is InChI=1S/C14H19N5O/c1-10(2)7-19-13(17-9-18-19)8-20-12-5-3-11(4-6-12)14(15)16/h3-6,9-10H,7-8H2,1-2H3,(H3,15,16). The summed E-state index contributed by atoms with van der Waals surface area (Å²) in [6.07, 6.45) is 1.54. The normalized spacial score (nSPS) is 10.8. The van der Waals surface area contributed by atoms with Gasteiger partial charge in [-0.3, -0.25) is 5.41 Å². The predicted octanol–water partition coefficient (Wildman–Crippen LogP) is 1.80. The van der Waals surface area contributed by atoms with Crippen LogP contribution in [0.5, 0.6) is 5.75 Å². The molecule has 6 nitrogen and oxygen atoms in total. The van der Waals surface area contributed by atoms with Crippen LogP contribution in [0.25, 0.3) is 0 Å². The average molecular weight is 273 g/mol. The van der Waals surface area contributed by atoms with Crippen LogP contribution >= 0.6 is 0 Å². The number of nitrogens with one attached hydrogen (secondary N) is 1. The van der Waals surface area contributed by atoms with Crippen LogP contribution in [0, 0.1) is 11.3 Å². The van der Waals surface area contributed by atoms with Crippen molar-refractivity contribution in [3.8, 4) is 5.75 Å². The number of nitrogens with zero attached hydrogens (tertiary/aromatic N) is 3. The Morgan fingerprint density at radius 1 is 1.35 bits per heavy atom. The smallest absolute Gasteiger partial charge is 0.164 e. The first kappa shape index (κ1) is 14.0.